The molecule has 0 radical (unpaired) electrons. The van der Waals surface area contributed by atoms with Crippen molar-refractivity contribution in [1.82, 2.24) is 14.5 Å². The van der Waals surface area contributed by atoms with Gasteiger partial charge in [0.2, 0.25) is 0 Å². The Hall–Kier alpha value is -2.01. The monoisotopic (exact) mass is 318 g/mol. The first-order valence-corrected chi connectivity index (χ1v) is 7.82. The molecule has 1 fully saturated rings. The van der Waals surface area contributed by atoms with Crippen molar-refractivity contribution in [3.63, 3.8) is 0 Å². The highest BCUT2D eigenvalue weighted by molar-refractivity contribution is 6.31. The number of aromatic nitrogens is 2. The third-order valence-electron chi connectivity index (χ3n) is 3.96. The van der Waals surface area contributed by atoms with Crippen LogP contribution in [0.4, 0.5) is 5.69 Å². The maximum absolute atomic E-state index is 12.7. The average molecular weight is 319 g/mol. The van der Waals surface area contributed by atoms with Crippen molar-refractivity contribution in [1.29, 1.82) is 0 Å². The fraction of sp³-hybridized carbons (Fsp3) is 0.375. The molecule has 1 N–H and O–H groups in total. The highest BCUT2D eigenvalue weighted by Gasteiger charge is 2.22. The summed E-state index contributed by atoms with van der Waals surface area (Å²) >= 11 is 6.08. The van der Waals surface area contributed by atoms with Gasteiger partial charge in [-0.2, -0.15) is 0 Å². The molecule has 2 aromatic rings. The summed E-state index contributed by atoms with van der Waals surface area (Å²) in [7, 11) is 1.95. The number of carbonyl (C=O) groups excluding carboxylic acids is 1. The largest absolute Gasteiger partial charge is 0.377 e. The van der Waals surface area contributed by atoms with Crippen molar-refractivity contribution in [3.8, 4) is 0 Å². The topological polar surface area (TPSA) is 50.2 Å². The van der Waals surface area contributed by atoms with E-state index >= 15 is 0 Å². The van der Waals surface area contributed by atoms with Gasteiger partial charge in [0.05, 0.1) is 12.1 Å². The van der Waals surface area contributed by atoms with E-state index in [1.54, 1.807) is 18.3 Å². The van der Waals surface area contributed by atoms with E-state index in [-0.39, 0.29) is 5.91 Å². The average Bonchev–Trinajstić information content (AvgIpc) is 3.17. The fourth-order valence-electron chi connectivity index (χ4n) is 2.68. The number of nitrogens with one attached hydrogen (secondary N) is 1. The number of carbonyl (C=O) groups is 1. The first-order valence-electron chi connectivity index (χ1n) is 7.44. The number of nitrogens with zero attached hydrogens (tertiary/aromatic N) is 3. The van der Waals surface area contributed by atoms with Gasteiger partial charge in [-0.1, -0.05) is 11.6 Å². The molecule has 5 nitrogen and oxygen atoms in total. The molecule has 3 rings (SSSR count). The number of anilines is 1. The van der Waals surface area contributed by atoms with E-state index in [9.17, 15) is 4.79 Å². The molecule has 0 saturated carbocycles. The summed E-state index contributed by atoms with van der Waals surface area (Å²) in [5.41, 5.74) is 1.42. The lowest BCUT2D eigenvalue weighted by atomic mass is 10.1. The number of halogens is 1. The van der Waals surface area contributed by atoms with Crippen LogP contribution in [0, 0.1) is 0 Å². The Labute approximate surface area is 134 Å². The van der Waals surface area contributed by atoms with E-state index in [0.717, 1.165) is 37.4 Å². The molecule has 0 atom stereocenters. The summed E-state index contributed by atoms with van der Waals surface area (Å²) in [6.45, 7) is 2.21. The number of rotatable bonds is 4. The number of benzene rings is 1. The zero-order chi connectivity index (χ0) is 15.5. The van der Waals surface area contributed by atoms with Crippen LogP contribution in [0.1, 0.15) is 29.0 Å². The molecule has 22 heavy (non-hydrogen) atoms. The van der Waals surface area contributed by atoms with Crippen LogP contribution in [0.25, 0.3) is 0 Å². The minimum atomic E-state index is 0.0438. The third-order valence-corrected chi connectivity index (χ3v) is 4.20. The molecule has 1 aliphatic heterocycles. The molecule has 1 amide bonds. The minimum Gasteiger partial charge on any atom is -0.377 e. The number of hydrogen-bond acceptors (Lipinski definition) is 3. The van der Waals surface area contributed by atoms with Gasteiger partial charge in [0, 0.05) is 43.2 Å². The second-order valence-electron chi connectivity index (χ2n) is 5.50. The van der Waals surface area contributed by atoms with E-state index < -0.39 is 0 Å². The molecule has 1 aliphatic rings. The highest BCUT2D eigenvalue weighted by atomic mass is 35.5. The van der Waals surface area contributed by atoms with E-state index in [1.165, 1.54) is 0 Å². The molecule has 0 bridgehead atoms. The number of imidazole rings is 1. The molecule has 116 valence electrons. The predicted molar refractivity (Wildman–Crippen MR) is 87.1 cm³/mol. The Morgan fingerprint density at radius 2 is 2.14 bits per heavy atom. The first kappa shape index (κ1) is 14.9. The summed E-state index contributed by atoms with van der Waals surface area (Å²) in [5.74, 6) is 0.955. The lowest BCUT2D eigenvalue weighted by Crippen LogP contribution is -2.28. The molecule has 0 spiro atoms. The van der Waals surface area contributed by atoms with Gasteiger partial charge >= 0.3 is 0 Å². The Bertz CT molecular complexity index is 677. The van der Waals surface area contributed by atoms with E-state index in [2.05, 4.69) is 10.3 Å². The summed E-state index contributed by atoms with van der Waals surface area (Å²) < 4.78 is 1.95. The van der Waals surface area contributed by atoms with Crippen molar-refractivity contribution in [2.75, 3.05) is 18.4 Å². The molecule has 1 aromatic carbocycles. The maximum Gasteiger partial charge on any atom is 0.256 e. The van der Waals surface area contributed by atoms with Crippen molar-refractivity contribution in [2.45, 2.75) is 19.4 Å². The smallest absolute Gasteiger partial charge is 0.256 e. The van der Waals surface area contributed by atoms with Crippen molar-refractivity contribution >= 4 is 23.2 Å². The standard InChI is InChI=1S/C16H19ClN4O/c1-20-9-6-18-15(20)11-19-14-5-4-12(17)10-13(14)16(22)21-7-2-3-8-21/h4-6,9-10,19H,2-3,7-8,11H2,1H3. The lowest BCUT2D eigenvalue weighted by molar-refractivity contribution is 0.0793. The van der Waals surface area contributed by atoms with Gasteiger partial charge in [-0.15, -0.1) is 0 Å². The van der Waals surface area contributed by atoms with Gasteiger partial charge in [0.25, 0.3) is 5.91 Å². The van der Waals surface area contributed by atoms with Crippen molar-refractivity contribution < 1.29 is 4.79 Å². The van der Waals surface area contributed by atoms with Crippen LogP contribution in [-0.4, -0.2) is 33.4 Å². The van der Waals surface area contributed by atoms with Crippen LogP contribution >= 0.6 is 11.6 Å². The Balaban J connectivity index is 1.81. The minimum absolute atomic E-state index is 0.0438. The summed E-state index contributed by atoms with van der Waals surface area (Å²) in [5, 5.41) is 3.87. The summed E-state index contributed by atoms with van der Waals surface area (Å²) in [4.78, 5) is 18.8. The molecular formula is C16H19ClN4O. The molecule has 0 unspecified atom stereocenters. The molecule has 2 heterocycles. The van der Waals surface area contributed by atoms with Crippen LogP contribution in [0.2, 0.25) is 5.02 Å². The van der Waals surface area contributed by atoms with Gasteiger partial charge in [-0.25, -0.2) is 4.98 Å². The van der Waals surface area contributed by atoms with Crippen molar-refractivity contribution in [3.05, 3.63) is 47.0 Å². The van der Waals surface area contributed by atoms with Crippen LogP contribution in [0.5, 0.6) is 0 Å². The van der Waals surface area contributed by atoms with E-state index in [0.29, 0.717) is 17.1 Å². The van der Waals surface area contributed by atoms with Gasteiger partial charge in [0.15, 0.2) is 0 Å². The Kier molecular flexibility index (Phi) is 4.34. The highest BCUT2D eigenvalue weighted by Crippen LogP contribution is 2.24. The molecule has 0 aliphatic carbocycles. The third kappa shape index (κ3) is 3.09. The van der Waals surface area contributed by atoms with Gasteiger partial charge in [-0.05, 0) is 31.0 Å². The van der Waals surface area contributed by atoms with Gasteiger partial charge in [-0.3, -0.25) is 4.79 Å². The number of aryl methyl sites for hydroxylation is 1. The second-order valence-corrected chi connectivity index (χ2v) is 5.93. The maximum atomic E-state index is 12.7. The number of likely N-dealkylation sites (tertiary alicyclic amines) is 1. The predicted octanol–water partition coefficient (Wildman–Crippen LogP) is 2.92. The van der Waals surface area contributed by atoms with Crippen LogP contribution in [0.3, 0.4) is 0 Å². The normalized spacial score (nSPS) is 14.4. The molecule has 1 aromatic heterocycles. The van der Waals surface area contributed by atoms with E-state index in [4.69, 9.17) is 11.6 Å². The number of hydrogen-bond donors (Lipinski definition) is 1. The van der Waals surface area contributed by atoms with Gasteiger partial charge in [0.1, 0.15) is 5.82 Å². The quantitative estimate of drug-likeness (QED) is 0.943. The first-order chi connectivity index (χ1) is 10.6. The second kappa shape index (κ2) is 6.40. The number of amides is 1. The van der Waals surface area contributed by atoms with Crippen LogP contribution in [-0.2, 0) is 13.6 Å². The molecule has 6 heteroatoms. The van der Waals surface area contributed by atoms with Crippen molar-refractivity contribution in [2.24, 2.45) is 7.05 Å². The summed E-state index contributed by atoms with van der Waals surface area (Å²) in [6.07, 6.45) is 5.80. The molecular weight excluding hydrogens is 300 g/mol. The zero-order valence-electron chi connectivity index (χ0n) is 12.6. The SMILES string of the molecule is Cn1ccnc1CNc1ccc(Cl)cc1C(=O)N1CCCC1. The fourth-order valence-corrected chi connectivity index (χ4v) is 2.85. The van der Waals surface area contributed by atoms with Crippen LogP contribution < -0.4 is 5.32 Å². The zero-order valence-corrected chi connectivity index (χ0v) is 13.3. The Morgan fingerprint density at radius 1 is 1.36 bits per heavy atom. The summed E-state index contributed by atoms with van der Waals surface area (Å²) in [6, 6.07) is 5.39. The van der Waals surface area contributed by atoms with Crippen LogP contribution in [0.15, 0.2) is 30.6 Å². The lowest BCUT2D eigenvalue weighted by Gasteiger charge is -2.18. The van der Waals surface area contributed by atoms with Gasteiger partial charge < -0.3 is 14.8 Å². The Morgan fingerprint density at radius 3 is 2.82 bits per heavy atom. The molecule has 1 saturated heterocycles. The van der Waals surface area contributed by atoms with E-state index in [1.807, 2.05) is 28.8 Å².